The molecule has 1 unspecified atom stereocenters. The lowest BCUT2D eigenvalue weighted by molar-refractivity contribution is 0.132. The minimum Gasteiger partial charge on any atom is -0.396 e. The van der Waals surface area contributed by atoms with Crippen molar-refractivity contribution >= 4 is 15.9 Å². The molecule has 0 aromatic heterocycles. The zero-order valence-electron chi connectivity index (χ0n) is 10.4. The molecular weight excluding hydrogens is 280 g/mol. The Morgan fingerprint density at radius 1 is 1.35 bits per heavy atom. The first kappa shape index (κ1) is 14.7. The van der Waals surface area contributed by atoms with E-state index in [4.69, 9.17) is 4.74 Å². The van der Waals surface area contributed by atoms with Gasteiger partial charge in [-0.05, 0) is 43.7 Å². The van der Waals surface area contributed by atoms with Crippen LogP contribution in [0.25, 0.3) is 0 Å². The average Bonchev–Trinajstić information content (AvgIpc) is 2.35. The summed E-state index contributed by atoms with van der Waals surface area (Å²) >= 11 is 3.54. The molecule has 0 saturated heterocycles. The van der Waals surface area contributed by atoms with Crippen LogP contribution in [-0.4, -0.2) is 24.9 Å². The maximum Gasteiger partial charge on any atom is 0.0466 e. The van der Waals surface area contributed by atoms with Gasteiger partial charge in [-0.2, -0.15) is 0 Å². The van der Waals surface area contributed by atoms with Crippen molar-refractivity contribution < 1.29 is 9.84 Å². The van der Waals surface area contributed by atoms with E-state index in [1.165, 1.54) is 5.56 Å². The highest BCUT2D eigenvalue weighted by Gasteiger charge is 2.10. The third-order valence-corrected chi connectivity index (χ3v) is 3.60. The summed E-state index contributed by atoms with van der Waals surface area (Å²) in [5.74, 6) is 0.328. The van der Waals surface area contributed by atoms with Gasteiger partial charge in [-0.15, -0.1) is 0 Å². The highest BCUT2D eigenvalue weighted by molar-refractivity contribution is 9.10. The molecule has 1 aromatic carbocycles. The van der Waals surface area contributed by atoms with Crippen LogP contribution in [0.2, 0.25) is 0 Å². The minimum atomic E-state index is 0.244. The Labute approximate surface area is 112 Å². The van der Waals surface area contributed by atoms with Crippen LogP contribution in [0, 0.1) is 5.92 Å². The molecular formula is C14H21BrO2. The zero-order chi connectivity index (χ0) is 12.5. The van der Waals surface area contributed by atoms with E-state index in [1.54, 1.807) is 0 Å². The van der Waals surface area contributed by atoms with E-state index in [0.29, 0.717) is 5.92 Å². The summed E-state index contributed by atoms with van der Waals surface area (Å²) in [6.07, 6.45) is 2.95. The first-order valence-corrected chi connectivity index (χ1v) is 6.99. The van der Waals surface area contributed by atoms with Crippen LogP contribution >= 0.6 is 15.9 Å². The Balaban J connectivity index is 2.38. The molecule has 0 aliphatic carbocycles. The van der Waals surface area contributed by atoms with Crippen LogP contribution in [0.5, 0.6) is 0 Å². The van der Waals surface area contributed by atoms with Crippen LogP contribution < -0.4 is 0 Å². The third kappa shape index (κ3) is 5.66. The lowest BCUT2D eigenvalue weighted by Crippen LogP contribution is -2.11. The van der Waals surface area contributed by atoms with E-state index in [2.05, 4.69) is 22.0 Å². The summed E-state index contributed by atoms with van der Waals surface area (Å²) in [4.78, 5) is 0. The van der Waals surface area contributed by atoms with Gasteiger partial charge < -0.3 is 9.84 Å². The molecule has 96 valence electrons. The second kappa shape index (κ2) is 8.67. The topological polar surface area (TPSA) is 29.5 Å². The van der Waals surface area contributed by atoms with Crippen LogP contribution in [0.1, 0.15) is 25.3 Å². The Morgan fingerprint density at radius 3 is 2.76 bits per heavy atom. The van der Waals surface area contributed by atoms with Crippen molar-refractivity contribution in [2.24, 2.45) is 5.92 Å². The third-order valence-electron chi connectivity index (χ3n) is 2.83. The number of aliphatic hydroxyl groups excluding tert-OH is 1. The van der Waals surface area contributed by atoms with Crippen LogP contribution in [0.4, 0.5) is 0 Å². The predicted octanol–water partition coefficient (Wildman–Crippen LogP) is 3.42. The van der Waals surface area contributed by atoms with Gasteiger partial charge in [0, 0.05) is 24.3 Å². The van der Waals surface area contributed by atoms with Crippen molar-refractivity contribution in [3.8, 4) is 0 Å². The van der Waals surface area contributed by atoms with Gasteiger partial charge in [0.2, 0.25) is 0 Å². The molecule has 1 atom stereocenters. The van der Waals surface area contributed by atoms with Gasteiger partial charge in [0.05, 0.1) is 0 Å². The predicted molar refractivity (Wildman–Crippen MR) is 74.1 cm³/mol. The Morgan fingerprint density at radius 2 is 2.12 bits per heavy atom. The molecule has 1 rings (SSSR count). The number of hydrogen-bond acceptors (Lipinski definition) is 2. The SMILES string of the molecule is CCOCCCC(CO)Cc1ccccc1Br. The molecule has 2 nitrogen and oxygen atoms in total. The fraction of sp³-hybridized carbons (Fsp3) is 0.571. The number of ether oxygens (including phenoxy) is 1. The van der Waals surface area contributed by atoms with Crippen molar-refractivity contribution in [2.75, 3.05) is 19.8 Å². The van der Waals surface area contributed by atoms with E-state index in [1.807, 2.05) is 25.1 Å². The first-order chi connectivity index (χ1) is 8.27. The number of halogens is 1. The second-order valence-electron chi connectivity index (χ2n) is 4.18. The van der Waals surface area contributed by atoms with Gasteiger partial charge >= 0.3 is 0 Å². The molecule has 0 heterocycles. The molecule has 0 fully saturated rings. The van der Waals surface area contributed by atoms with Crippen molar-refractivity contribution in [3.63, 3.8) is 0 Å². The lowest BCUT2D eigenvalue weighted by atomic mass is 9.96. The van der Waals surface area contributed by atoms with Crippen LogP contribution in [-0.2, 0) is 11.2 Å². The number of rotatable bonds is 8. The molecule has 17 heavy (non-hydrogen) atoms. The second-order valence-corrected chi connectivity index (χ2v) is 5.04. The van der Waals surface area contributed by atoms with E-state index in [9.17, 15) is 5.11 Å². The van der Waals surface area contributed by atoms with E-state index in [-0.39, 0.29) is 6.61 Å². The van der Waals surface area contributed by atoms with Crippen molar-refractivity contribution in [1.82, 2.24) is 0 Å². The van der Waals surface area contributed by atoms with Gasteiger partial charge in [-0.3, -0.25) is 0 Å². The largest absolute Gasteiger partial charge is 0.396 e. The summed E-state index contributed by atoms with van der Waals surface area (Å²) in [7, 11) is 0. The quantitative estimate of drug-likeness (QED) is 0.746. The summed E-state index contributed by atoms with van der Waals surface area (Å²) in [5.41, 5.74) is 1.27. The maximum atomic E-state index is 9.38. The van der Waals surface area contributed by atoms with Crippen molar-refractivity contribution in [1.29, 1.82) is 0 Å². The molecule has 3 heteroatoms. The zero-order valence-corrected chi connectivity index (χ0v) is 11.9. The fourth-order valence-corrected chi connectivity index (χ4v) is 2.30. The number of benzene rings is 1. The van der Waals surface area contributed by atoms with Gasteiger partial charge in [-0.1, -0.05) is 34.1 Å². The van der Waals surface area contributed by atoms with Gasteiger partial charge in [-0.25, -0.2) is 0 Å². The van der Waals surface area contributed by atoms with Gasteiger partial charge in [0.25, 0.3) is 0 Å². The Bertz CT molecular complexity index is 315. The van der Waals surface area contributed by atoms with E-state index < -0.39 is 0 Å². The molecule has 0 bridgehead atoms. The van der Waals surface area contributed by atoms with E-state index >= 15 is 0 Å². The number of aliphatic hydroxyl groups is 1. The van der Waals surface area contributed by atoms with Crippen molar-refractivity contribution in [3.05, 3.63) is 34.3 Å². The molecule has 0 aliphatic heterocycles. The first-order valence-electron chi connectivity index (χ1n) is 6.20. The fourth-order valence-electron chi connectivity index (χ4n) is 1.85. The lowest BCUT2D eigenvalue weighted by Gasteiger charge is -2.15. The molecule has 1 N–H and O–H groups in total. The molecule has 0 amide bonds. The van der Waals surface area contributed by atoms with Crippen molar-refractivity contribution in [2.45, 2.75) is 26.2 Å². The van der Waals surface area contributed by atoms with Gasteiger partial charge in [0.15, 0.2) is 0 Å². The molecule has 0 spiro atoms. The Hall–Kier alpha value is -0.380. The highest BCUT2D eigenvalue weighted by Crippen LogP contribution is 2.21. The van der Waals surface area contributed by atoms with E-state index in [0.717, 1.165) is 36.9 Å². The minimum absolute atomic E-state index is 0.244. The molecule has 1 aromatic rings. The average molecular weight is 301 g/mol. The van der Waals surface area contributed by atoms with Gasteiger partial charge in [0.1, 0.15) is 0 Å². The standard InChI is InChI=1S/C14H21BrO2/c1-2-17-9-5-6-12(11-16)10-13-7-3-4-8-14(13)15/h3-4,7-8,12,16H,2,5-6,9-11H2,1H3. The highest BCUT2D eigenvalue weighted by atomic mass is 79.9. The molecule has 0 saturated carbocycles. The van der Waals surface area contributed by atoms with Crippen LogP contribution in [0.15, 0.2) is 28.7 Å². The molecule has 0 radical (unpaired) electrons. The Kier molecular flexibility index (Phi) is 7.49. The van der Waals surface area contributed by atoms with Crippen LogP contribution in [0.3, 0.4) is 0 Å². The monoisotopic (exact) mass is 300 g/mol. The summed E-state index contributed by atoms with van der Waals surface area (Å²) in [6.45, 7) is 3.81. The number of hydrogen-bond donors (Lipinski definition) is 1. The maximum absolute atomic E-state index is 9.38. The summed E-state index contributed by atoms with van der Waals surface area (Å²) < 4.78 is 6.44. The molecule has 0 aliphatic rings. The summed E-state index contributed by atoms with van der Waals surface area (Å²) in [6, 6.07) is 8.20. The smallest absolute Gasteiger partial charge is 0.0466 e. The summed E-state index contributed by atoms with van der Waals surface area (Å²) in [5, 5.41) is 9.38. The normalized spacial score (nSPS) is 12.6.